The molecule has 0 aliphatic heterocycles. The van der Waals surface area contributed by atoms with Crippen molar-refractivity contribution >= 4 is 29.2 Å². The van der Waals surface area contributed by atoms with E-state index in [1.807, 2.05) is 32.0 Å². The molecule has 0 aliphatic carbocycles. The maximum atomic E-state index is 6.09. The Kier molecular flexibility index (Phi) is 4.57. The Hall–Kier alpha value is -2.08. The largest absolute Gasteiger partial charge is 0.467 e. The molecule has 6 nitrogen and oxygen atoms in total. The molecule has 0 aliphatic rings. The number of rotatable bonds is 5. The molecule has 0 bridgehead atoms. The summed E-state index contributed by atoms with van der Waals surface area (Å²) in [6, 6.07) is 5.85. The SMILES string of the molecule is CCNc1nc(Nc2cccc(Cl)c2C)nc(OC)n1. The first-order valence-electron chi connectivity index (χ1n) is 6.20. The predicted octanol–water partition coefficient (Wildman–Crippen LogP) is 3.02. The van der Waals surface area contributed by atoms with Gasteiger partial charge in [-0.25, -0.2) is 0 Å². The van der Waals surface area contributed by atoms with Gasteiger partial charge in [0, 0.05) is 17.3 Å². The van der Waals surface area contributed by atoms with Gasteiger partial charge in [0.15, 0.2) is 0 Å². The molecule has 0 saturated heterocycles. The van der Waals surface area contributed by atoms with Crippen LogP contribution in [0.2, 0.25) is 5.02 Å². The summed E-state index contributed by atoms with van der Waals surface area (Å²) in [6.07, 6.45) is 0. The molecule has 0 saturated carbocycles. The monoisotopic (exact) mass is 293 g/mol. The number of nitrogens with one attached hydrogen (secondary N) is 2. The molecule has 0 radical (unpaired) electrons. The van der Waals surface area contributed by atoms with Gasteiger partial charge in [-0.05, 0) is 31.5 Å². The number of aromatic nitrogens is 3. The summed E-state index contributed by atoms with van der Waals surface area (Å²) >= 11 is 6.09. The number of hydrogen-bond acceptors (Lipinski definition) is 6. The Morgan fingerprint density at radius 3 is 2.65 bits per heavy atom. The molecule has 0 amide bonds. The zero-order valence-electron chi connectivity index (χ0n) is 11.6. The summed E-state index contributed by atoms with van der Waals surface area (Å²) in [4.78, 5) is 12.5. The van der Waals surface area contributed by atoms with E-state index in [2.05, 4.69) is 25.6 Å². The van der Waals surface area contributed by atoms with E-state index >= 15 is 0 Å². The molecule has 0 spiro atoms. The molecule has 2 aromatic rings. The van der Waals surface area contributed by atoms with Crippen molar-refractivity contribution in [3.8, 4) is 6.01 Å². The van der Waals surface area contributed by atoms with Gasteiger partial charge in [-0.3, -0.25) is 0 Å². The minimum Gasteiger partial charge on any atom is -0.467 e. The number of hydrogen-bond donors (Lipinski definition) is 2. The fourth-order valence-corrected chi connectivity index (χ4v) is 1.78. The summed E-state index contributed by atoms with van der Waals surface area (Å²) in [5, 5.41) is 6.83. The van der Waals surface area contributed by atoms with Gasteiger partial charge in [0.1, 0.15) is 0 Å². The highest BCUT2D eigenvalue weighted by atomic mass is 35.5. The molecule has 1 aromatic heterocycles. The number of benzene rings is 1. The summed E-state index contributed by atoms with van der Waals surface area (Å²) in [5.74, 6) is 0.861. The van der Waals surface area contributed by atoms with Gasteiger partial charge < -0.3 is 15.4 Å². The maximum Gasteiger partial charge on any atom is 0.322 e. The van der Waals surface area contributed by atoms with E-state index in [0.717, 1.165) is 11.3 Å². The first-order chi connectivity index (χ1) is 9.63. The Morgan fingerprint density at radius 1 is 1.20 bits per heavy atom. The van der Waals surface area contributed by atoms with Gasteiger partial charge >= 0.3 is 6.01 Å². The van der Waals surface area contributed by atoms with Crippen LogP contribution in [-0.2, 0) is 0 Å². The average molecular weight is 294 g/mol. The molecule has 2 rings (SSSR count). The van der Waals surface area contributed by atoms with E-state index < -0.39 is 0 Å². The molecule has 0 atom stereocenters. The molecular weight excluding hydrogens is 278 g/mol. The highest BCUT2D eigenvalue weighted by Gasteiger charge is 2.08. The Balaban J connectivity index is 2.32. The van der Waals surface area contributed by atoms with Crippen molar-refractivity contribution in [3.63, 3.8) is 0 Å². The quantitative estimate of drug-likeness (QED) is 0.883. The lowest BCUT2D eigenvalue weighted by Gasteiger charge is -2.11. The van der Waals surface area contributed by atoms with Crippen molar-refractivity contribution in [2.75, 3.05) is 24.3 Å². The van der Waals surface area contributed by atoms with Crippen molar-refractivity contribution < 1.29 is 4.74 Å². The van der Waals surface area contributed by atoms with Crippen LogP contribution in [0.25, 0.3) is 0 Å². The molecule has 20 heavy (non-hydrogen) atoms. The van der Waals surface area contributed by atoms with Crippen LogP contribution in [-0.4, -0.2) is 28.6 Å². The lowest BCUT2D eigenvalue weighted by Crippen LogP contribution is -2.08. The van der Waals surface area contributed by atoms with Gasteiger partial charge in [0.25, 0.3) is 0 Å². The second-order valence-corrected chi connectivity index (χ2v) is 4.44. The lowest BCUT2D eigenvalue weighted by molar-refractivity contribution is 0.379. The molecule has 7 heteroatoms. The van der Waals surface area contributed by atoms with Crippen LogP contribution in [0, 0.1) is 6.92 Å². The second kappa shape index (κ2) is 6.38. The zero-order valence-corrected chi connectivity index (χ0v) is 12.3. The average Bonchev–Trinajstić information content (AvgIpc) is 2.44. The van der Waals surface area contributed by atoms with Crippen molar-refractivity contribution in [2.45, 2.75) is 13.8 Å². The number of anilines is 3. The van der Waals surface area contributed by atoms with Gasteiger partial charge in [0.05, 0.1) is 7.11 Å². The number of halogens is 1. The van der Waals surface area contributed by atoms with Crippen LogP contribution >= 0.6 is 11.6 Å². The minimum atomic E-state index is 0.248. The van der Waals surface area contributed by atoms with Crippen molar-refractivity contribution in [3.05, 3.63) is 28.8 Å². The summed E-state index contributed by atoms with van der Waals surface area (Å²) < 4.78 is 5.07. The summed E-state index contributed by atoms with van der Waals surface area (Å²) in [5.41, 5.74) is 1.77. The molecule has 1 heterocycles. The highest BCUT2D eigenvalue weighted by molar-refractivity contribution is 6.31. The van der Waals surface area contributed by atoms with E-state index in [4.69, 9.17) is 16.3 Å². The van der Waals surface area contributed by atoms with E-state index in [0.29, 0.717) is 23.5 Å². The van der Waals surface area contributed by atoms with Gasteiger partial charge in [0.2, 0.25) is 11.9 Å². The third-order valence-corrected chi connectivity index (χ3v) is 3.06. The fraction of sp³-hybridized carbons (Fsp3) is 0.308. The molecule has 2 N–H and O–H groups in total. The van der Waals surface area contributed by atoms with Gasteiger partial charge in [-0.1, -0.05) is 17.7 Å². The number of nitrogens with zero attached hydrogens (tertiary/aromatic N) is 3. The van der Waals surface area contributed by atoms with Crippen LogP contribution < -0.4 is 15.4 Å². The lowest BCUT2D eigenvalue weighted by atomic mass is 10.2. The van der Waals surface area contributed by atoms with Crippen molar-refractivity contribution in [2.24, 2.45) is 0 Å². The number of ether oxygens (including phenoxy) is 1. The van der Waals surface area contributed by atoms with E-state index in [9.17, 15) is 0 Å². The van der Waals surface area contributed by atoms with Crippen LogP contribution in [0.3, 0.4) is 0 Å². The van der Waals surface area contributed by atoms with E-state index in [1.54, 1.807) is 0 Å². The first kappa shape index (κ1) is 14.3. The molecule has 106 valence electrons. The first-order valence-corrected chi connectivity index (χ1v) is 6.58. The van der Waals surface area contributed by atoms with Crippen LogP contribution in [0.1, 0.15) is 12.5 Å². The van der Waals surface area contributed by atoms with Crippen LogP contribution in [0.15, 0.2) is 18.2 Å². The van der Waals surface area contributed by atoms with E-state index in [-0.39, 0.29) is 6.01 Å². The van der Waals surface area contributed by atoms with Crippen LogP contribution in [0.4, 0.5) is 17.6 Å². The fourth-order valence-electron chi connectivity index (χ4n) is 1.60. The maximum absolute atomic E-state index is 6.09. The Labute approximate surface area is 122 Å². The molecule has 0 unspecified atom stereocenters. The molecular formula is C13H16ClN5O. The highest BCUT2D eigenvalue weighted by Crippen LogP contribution is 2.25. The summed E-state index contributed by atoms with van der Waals surface area (Å²) in [7, 11) is 1.51. The topological polar surface area (TPSA) is 72.0 Å². The van der Waals surface area contributed by atoms with Gasteiger partial charge in [-0.2, -0.15) is 15.0 Å². The third kappa shape index (κ3) is 3.27. The smallest absolute Gasteiger partial charge is 0.322 e. The number of methoxy groups -OCH3 is 1. The predicted molar refractivity (Wildman–Crippen MR) is 80.0 cm³/mol. The normalized spacial score (nSPS) is 10.2. The Morgan fingerprint density at radius 2 is 1.95 bits per heavy atom. The van der Waals surface area contributed by atoms with Gasteiger partial charge in [-0.15, -0.1) is 0 Å². The van der Waals surface area contributed by atoms with Crippen molar-refractivity contribution in [1.29, 1.82) is 0 Å². The summed E-state index contributed by atoms with van der Waals surface area (Å²) in [6.45, 7) is 4.60. The van der Waals surface area contributed by atoms with E-state index in [1.165, 1.54) is 7.11 Å². The molecule has 1 aromatic carbocycles. The minimum absolute atomic E-state index is 0.248. The second-order valence-electron chi connectivity index (χ2n) is 4.04. The third-order valence-electron chi connectivity index (χ3n) is 2.65. The zero-order chi connectivity index (χ0) is 14.5. The van der Waals surface area contributed by atoms with Crippen LogP contribution in [0.5, 0.6) is 6.01 Å². The molecule has 0 fully saturated rings. The van der Waals surface area contributed by atoms with Crippen molar-refractivity contribution in [1.82, 2.24) is 15.0 Å². The Bertz CT molecular complexity index is 605. The standard InChI is InChI=1S/C13H16ClN5O/c1-4-15-11-17-12(19-13(18-11)20-3)16-10-7-5-6-9(14)8(10)2/h5-7H,4H2,1-3H3,(H2,15,16,17,18,19).